The Labute approximate surface area is 66.1 Å². The van der Waals surface area contributed by atoms with Crippen molar-refractivity contribution in [2.45, 2.75) is 6.42 Å². The largest absolute Gasteiger partial charge is 0.372 e. The van der Waals surface area contributed by atoms with Crippen LogP contribution in [0, 0.1) is 0 Å². The molecule has 9 heavy (non-hydrogen) atoms. The lowest BCUT2D eigenvalue weighted by Gasteiger charge is -1.94. The standard InChI is InChI=1S/C5H9ClN2.ClH/c6-2-1-5-7-3-4-8-5;/h1-4H2,(H,7,8);1H. The summed E-state index contributed by atoms with van der Waals surface area (Å²) >= 11 is 5.46. The first-order valence-corrected chi connectivity index (χ1v) is 3.30. The van der Waals surface area contributed by atoms with E-state index in [0.29, 0.717) is 5.88 Å². The second-order valence-corrected chi connectivity index (χ2v) is 2.07. The topological polar surface area (TPSA) is 24.4 Å². The minimum absolute atomic E-state index is 0. The predicted octanol–water partition coefficient (Wildman–Crippen LogP) is 1.04. The number of alkyl halides is 1. The molecule has 0 aromatic carbocycles. The van der Waals surface area contributed by atoms with E-state index >= 15 is 0 Å². The molecule has 0 fully saturated rings. The van der Waals surface area contributed by atoms with Crippen molar-refractivity contribution in [3.8, 4) is 0 Å². The molecule has 4 heteroatoms. The van der Waals surface area contributed by atoms with Crippen LogP contribution in [-0.2, 0) is 0 Å². The van der Waals surface area contributed by atoms with E-state index in [0.717, 1.165) is 25.3 Å². The highest BCUT2D eigenvalue weighted by atomic mass is 35.5. The third kappa shape index (κ3) is 2.92. The van der Waals surface area contributed by atoms with Crippen LogP contribution in [0.2, 0.25) is 0 Å². The molecule has 0 spiro atoms. The minimum atomic E-state index is 0. The fourth-order valence-corrected chi connectivity index (χ4v) is 0.883. The van der Waals surface area contributed by atoms with Gasteiger partial charge in [0.1, 0.15) is 0 Å². The van der Waals surface area contributed by atoms with E-state index in [1.54, 1.807) is 0 Å². The molecule has 0 amide bonds. The molecule has 0 atom stereocenters. The van der Waals surface area contributed by atoms with E-state index in [2.05, 4.69) is 10.3 Å². The number of nitrogens with zero attached hydrogens (tertiary/aromatic N) is 1. The average Bonchev–Trinajstić information content (AvgIpc) is 2.19. The Morgan fingerprint density at radius 1 is 1.67 bits per heavy atom. The van der Waals surface area contributed by atoms with Crippen molar-refractivity contribution in [2.75, 3.05) is 19.0 Å². The highest BCUT2D eigenvalue weighted by Crippen LogP contribution is 1.91. The lowest BCUT2D eigenvalue weighted by atomic mass is 10.4. The summed E-state index contributed by atoms with van der Waals surface area (Å²) in [6.07, 6.45) is 0.890. The maximum atomic E-state index is 5.46. The molecule has 0 saturated heterocycles. The molecule has 0 bridgehead atoms. The zero-order chi connectivity index (χ0) is 5.82. The van der Waals surface area contributed by atoms with Gasteiger partial charge in [-0.15, -0.1) is 24.0 Å². The van der Waals surface area contributed by atoms with Gasteiger partial charge in [-0.05, 0) is 0 Å². The normalized spacial score (nSPS) is 15.9. The molecular formula is C5H10Cl2N2. The summed E-state index contributed by atoms with van der Waals surface area (Å²) in [7, 11) is 0. The second-order valence-electron chi connectivity index (χ2n) is 1.69. The first kappa shape index (κ1) is 9.05. The summed E-state index contributed by atoms with van der Waals surface area (Å²) in [6, 6.07) is 0. The van der Waals surface area contributed by atoms with Crippen LogP contribution in [-0.4, -0.2) is 24.8 Å². The van der Waals surface area contributed by atoms with E-state index < -0.39 is 0 Å². The molecule has 1 N–H and O–H groups in total. The van der Waals surface area contributed by atoms with Crippen molar-refractivity contribution in [2.24, 2.45) is 4.99 Å². The minimum Gasteiger partial charge on any atom is -0.372 e. The van der Waals surface area contributed by atoms with Gasteiger partial charge in [0.15, 0.2) is 0 Å². The van der Waals surface area contributed by atoms with Gasteiger partial charge < -0.3 is 5.32 Å². The molecule has 0 saturated carbocycles. The number of hydrogen-bond donors (Lipinski definition) is 1. The number of hydrogen-bond acceptors (Lipinski definition) is 2. The third-order valence-electron chi connectivity index (χ3n) is 1.07. The third-order valence-corrected chi connectivity index (χ3v) is 1.26. The van der Waals surface area contributed by atoms with Gasteiger partial charge in [0.25, 0.3) is 0 Å². The first-order valence-electron chi connectivity index (χ1n) is 2.76. The molecule has 1 aliphatic heterocycles. The molecule has 0 aromatic heterocycles. The van der Waals surface area contributed by atoms with Gasteiger partial charge in [-0.1, -0.05) is 0 Å². The summed E-state index contributed by atoms with van der Waals surface area (Å²) in [5.41, 5.74) is 0. The van der Waals surface area contributed by atoms with Crippen LogP contribution >= 0.6 is 24.0 Å². The fourth-order valence-electron chi connectivity index (χ4n) is 0.704. The molecule has 0 unspecified atom stereocenters. The summed E-state index contributed by atoms with van der Waals surface area (Å²) in [5.74, 6) is 1.74. The van der Waals surface area contributed by atoms with Crippen LogP contribution in [0.5, 0.6) is 0 Å². The lowest BCUT2D eigenvalue weighted by molar-refractivity contribution is 0.951. The number of halogens is 2. The Morgan fingerprint density at radius 3 is 2.89 bits per heavy atom. The van der Waals surface area contributed by atoms with Crippen LogP contribution in [0.15, 0.2) is 4.99 Å². The van der Waals surface area contributed by atoms with E-state index in [-0.39, 0.29) is 12.4 Å². The molecule has 0 aliphatic carbocycles. The molecule has 2 nitrogen and oxygen atoms in total. The number of amidine groups is 1. The number of rotatable bonds is 2. The molecule has 0 aromatic rings. The van der Waals surface area contributed by atoms with Crippen molar-refractivity contribution in [3.63, 3.8) is 0 Å². The van der Waals surface area contributed by atoms with Gasteiger partial charge >= 0.3 is 0 Å². The van der Waals surface area contributed by atoms with Gasteiger partial charge in [0.2, 0.25) is 0 Å². The monoisotopic (exact) mass is 168 g/mol. The first-order chi connectivity index (χ1) is 3.93. The lowest BCUT2D eigenvalue weighted by Crippen LogP contribution is -2.18. The quantitative estimate of drug-likeness (QED) is 0.613. The van der Waals surface area contributed by atoms with E-state index in [9.17, 15) is 0 Å². The highest BCUT2D eigenvalue weighted by molar-refractivity contribution is 6.19. The predicted molar refractivity (Wildman–Crippen MR) is 42.9 cm³/mol. The van der Waals surface area contributed by atoms with Gasteiger partial charge in [0.05, 0.1) is 12.4 Å². The Kier molecular flexibility index (Phi) is 4.91. The molecule has 1 aliphatic rings. The van der Waals surface area contributed by atoms with Gasteiger partial charge in [0, 0.05) is 18.8 Å². The highest BCUT2D eigenvalue weighted by Gasteiger charge is 2.01. The SMILES string of the molecule is Cl.ClCCC1=NCCN1. The molecular weight excluding hydrogens is 159 g/mol. The van der Waals surface area contributed by atoms with Crippen molar-refractivity contribution in [1.29, 1.82) is 0 Å². The zero-order valence-electron chi connectivity index (χ0n) is 5.06. The zero-order valence-corrected chi connectivity index (χ0v) is 6.63. The Morgan fingerprint density at radius 2 is 2.44 bits per heavy atom. The second kappa shape index (κ2) is 4.89. The molecule has 1 rings (SSSR count). The van der Waals surface area contributed by atoms with E-state index in [1.165, 1.54) is 0 Å². The fraction of sp³-hybridized carbons (Fsp3) is 0.800. The van der Waals surface area contributed by atoms with E-state index in [1.807, 2.05) is 0 Å². The van der Waals surface area contributed by atoms with Gasteiger partial charge in [-0.25, -0.2) is 0 Å². The van der Waals surface area contributed by atoms with Crippen LogP contribution in [0.25, 0.3) is 0 Å². The Balaban J connectivity index is 0.000000640. The van der Waals surface area contributed by atoms with Crippen LogP contribution in [0.3, 0.4) is 0 Å². The Hall–Kier alpha value is 0.0500. The summed E-state index contributed by atoms with van der Waals surface area (Å²) in [6.45, 7) is 1.92. The van der Waals surface area contributed by atoms with Crippen molar-refractivity contribution >= 4 is 29.8 Å². The number of nitrogens with one attached hydrogen (secondary N) is 1. The molecule has 54 valence electrons. The van der Waals surface area contributed by atoms with Crippen molar-refractivity contribution in [3.05, 3.63) is 0 Å². The van der Waals surface area contributed by atoms with Gasteiger partial charge in [-0.2, -0.15) is 0 Å². The Bertz CT molecular complexity index is 103. The average molecular weight is 169 g/mol. The number of aliphatic imine (C=N–C) groups is 1. The summed E-state index contributed by atoms with van der Waals surface area (Å²) in [4.78, 5) is 4.15. The van der Waals surface area contributed by atoms with Gasteiger partial charge in [-0.3, -0.25) is 4.99 Å². The maximum Gasteiger partial charge on any atom is 0.0976 e. The van der Waals surface area contributed by atoms with Crippen molar-refractivity contribution in [1.82, 2.24) is 5.32 Å². The van der Waals surface area contributed by atoms with Crippen LogP contribution < -0.4 is 5.32 Å². The summed E-state index contributed by atoms with van der Waals surface area (Å²) in [5, 5.41) is 3.12. The summed E-state index contributed by atoms with van der Waals surface area (Å²) < 4.78 is 0. The van der Waals surface area contributed by atoms with Crippen molar-refractivity contribution < 1.29 is 0 Å². The van der Waals surface area contributed by atoms with Crippen LogP contribution in [0.1, 0.15) is 6.42 Å². The smallest absolute Gasteiger partial charge is 0.0976 e. The van der Waals surface area contributed by atoms with E-state index in [4.69, 9.17) is 11.6 Å². The maximum absolute atomic E-state index is 5.46. The molecule has 0 radical (unpaired) electrons. The molecule has 1 heterocycles. The van der Waals surface area contributed by atoms with Crippen LogP contribution in [0.4, 0.5) is 0 Å².